The van der Waals surface area contributed by atoms with E-state index in [0.717, 1.165) is 0 Å². The average Bonchev–Trinajstić information content (AvgIpc) is 0. The zero-order valence-electron chi connectivity index (χ0n) is 3.94. The molecular formula is H6CaFeMnSiTi. The van der Waals surface area contributed by atoms with E-state index in [1.165, 1.54) is 0 Å². The van der Waals surface area contributed by atoms with E-state index in [-0.39, 0.29) is 107 Å². The summed E-state index contributed by atoms with van der Waals surface area (Å²) in [6.45, 7) is 0. The van der Waals surface area contributed by atoms with Crippen molar-refractivity contribution in [3.63, 3.8) is 0 Å². The summed E-state index contributed by atoms with van der Waals surface area (Å²) < 4.78 is 0. The first-order chi connectivity index (χ1) is 0. The van der Waals surface area contributed by atoms with Gasteiger partial charge in [0.15, 0.2) is 0 Å². The molecule has 0 aliphatic carbocycles. The molecule has 0 nitrogen and oxygen atoms in total. The minimum atomic E-state index is 0. The van der Waals surface area contributed by atoms with Crippen LogP contribution in [-0.4, -0.2) is 48.7 Å². The van der Waals surface area contributed by atoms with Crippen LogP contribution in [0, 0.1) is 0 Å². The van der Waals surface area contributed by atoms with Gasteiger partial charge in [-0.25, -0.2) is 0 Å². The van der Waals surface area contributed by atoms with Crippen molar-refractivity contribution in [1.82, 2.24) is 0 Å². The van der Waals surface area contributed by atoms with Crippen molar-refractivity contribution < 1.29 is 58.7 Å². The maximum absolute atomic E-state index is 0. The number of rotatable bonds is 0. The third-order valence-electron chi connectivity index (χ3n) is 0. The van der Waals surface area contributed by atoms with Crippen molar-refractivity contribution in [2.75, 3.05) is 0 Å². The Morgan fingerprint density at radius 2 is 1.20 bits per heavy atom. The molecule has 0 rings (SSSR count). The summed E-state index contributed by atoms with van der Waals surface area (Å²) in [6, 6.07) is 0. The van der Waals surface area contributed by atoms with Gasteiger partial charge in [-0.2, -0.15) is 0 Å². The largest absolute Gasteiger partial charge is 2.00 e. The molecule has 0 saturated carbocycles. The predicted octanol–water partition coefficient (Wildman–Crippen LogP) is -1.61. The molecule has 0 unspecified atom stereocenters. The van der Waals surface area contributed by atoms with Gasteiger partial charge >= 0.3 is 37.7 Å². The van der Waals surface area contributed by atoms with Crippen molar-refractivity contribution in [2.24, 2.45) is 0 Å². The second-order valence-corrected chi connectivity index (χ2v) is 0. The van der Waals surface area contributed by atoms with Crippen LogP contribution in [-0.2, 0) is 55.9 Å². The van der Waals surface area contributed by atoms with Crippen molar-refractivity contribution in [2.45, 2.75) is 0 Å². The zero-order valence-corrected chi connectivity index (χ0v) is 7.99. The zero-order chi connectivity index (χ0) is 0. The summed E-state index contributed by atoms with van der Waals surface area (Å²) in [5.74, 6) is 0. The van der Waals surface area contributed by atoms with E-state index >= 15 is 0 Å². The number of hydrogen-bond donors (Lipinski definition) is 0. The van der Waals surface area contributed by atoms with Crippen molar-refractivity contribution in [3.8, 4) is 0 Å². The molecule has 0 aromatic carbocycles. The second-order valence-electron chi connectivity index (χ2n) is 0. The van der Waals surface area contributed by atoms with E-state index in [4.69, 9.17) is 0 Å². The fourth-order valence-electron chi connectivity index (χ4n) is 0. The average molecular weight is 233 g/mol. The number of hydrogen-bond acceptors (Lipinski definition) is 0. The fraction of sp³-hybridized carbons (Fsp3) is 0. The van der Waals surface area contributed by atoms with E-state index in [1.54, 1.807) is 0 Å². The molecule has 31 valence electrons. The van der Waals surface area contributed by atoms with Crippen LogP contribution in [0.5, 0.6) is 0 Å². The van der Waals surface area contributed by atoms with Gasteiger partial charge in [0.25, 0.3) is 0 Å². The Kier molecular flexibility index (Phi) is 222. The summed E-state index contributed by atoms with van der Waals surface area (Å²) in [5, 5.41) is 0. The molecule has 0 bridgehead atoms. The van der Waals surface area contributed by atoms with Crippen LogP contribution < -0.4 is 0 Å². The Balaban J connectivity index is 0. The van der Waals surface area contributed by atoms with Gasteiger partial charge in [0.1, 0.15) is 0 Å². The molecule has 0 fully saturated rings. The Bertz CT molecular complexity index is 17.7. The Labute approximate surface area is 105 Å². The monoisotopic (exact) mass is 233 g/mol. The molecule has 0 heterocycles. The SMILES string of the molecule is [Ca+2].[Fe].[H-].[H-].[Mn].[SiH4].[Ti]. The van der Waals surface area contributed by atoms with E-state index in [9.17, 15) is 0 Å². The van der Waals surface area contributed by atoms with Crippen molar-refractivity contribution in [3.05, 3.63) is 0 Å². The van der Waals surface area contributed by atoms with E-state index in [1.807, 2.05) is 0 Å². The molecule has 0 N–H and O–H groups in total. The maximum atomic E-state index is 0. The minimum Gasteiger partial charge on any atom is -1.00 e. The van der Waals surface area contributed by atoms with Gasteiger partial charge < -0.3 is 2.85 Å². The smallest absolute Gasteiger partial charge is 1.00 e. The maximum Gasteiger partial charge on any atom is 2.00 e. The first-order valence-electron chi connectivity index (χ1n) is 0. The summed E-state index contributed by atoms with van der Waals surface area (Å²) in [4.78, 5) is 0. The fourth-order valence-corrected chi connectivity index (χ4v) is 0. The third-order valence-corrected chi connectivity index (χ3v) is 0. The van der Waals surface area contributed by atoms with Crippen molar-refractivity contribution in [1.29, 1.82) is 0 Å². The summed E-state index contributed by atoms with van der Waals surface area (Å²) >= 11 is 0. The third kappa shape index (κ3) is 19.0. The minimum absolute atomic E-state index is 0. The first kappa shape index (κ1) is 41.2. The summed E-state index contributed by atoms with van der Waals surface area (Å²) in [5.41, 5.74) is 0. The molecule has 5 heteroatoms. The first-order valence-corrected chi connectivity index (χ1v) is 0. The van der Waals surface area contributed by atoms with Gasteiger partial charge in [-0.3, -0.25) is 0 Å². The topological polar surface area (TPSA) is 0 Å². The standard InChI is InChI=1S/Ca.Fe.Mn.H4Si.Ti.2H/h;;;1H4;;;/q+2;;;;;2*-1. The molecule has 0 aliphatic rings. The Morgan fingerprint density at radius 1 is 1.20 bits per heavy atom. The van der Waals surface area contributed by atoms with Gasteiger partial charge in [0.2, 0.25) is 0 Å². The van der Waals surface area contributed by atoms with Crippen LogP contribution in [0.3, 0.4) is 0 Å². The van der Waals surface area contributed by atoms with E-state index in [0.29, 0.717) is 0 Å². The van der Waals surface area contributed by atoms with Gasteiger partial charge in [0.05, 0.1) is 0 Å². The molecule has 5 heavy (non-hydrogen) atoms. The molecule has 0 amide bonds. The van der Waals surface area contributed by atoms with E-state index < -0.39 is 0 Å². The van der Waals surface area contributed by atoms with Crippen LogP contribution in [0.1, 0.15) is 2.85 Å². The predicted molar refractivity (Wildman–Crippen MR) is 19.3 cm³/mol. The van der Waals surface area contributed by atoms with Crippen molar-refractivity contribution >= 4 is 48.7 Å². The molecule has 0 saturated heterocycles. The van der Waals surface area contributed by atoms with Crippen LogP contribution in [0.2, 0.25) is 0 Å². The molecule has 0 aliphatic heterocycles. The van der Waals surface area contributed by atoms with Crippen LogP contribution in [0.25, 0.3) is 0 Å². The second kappa shape index (κ2) is 26.9. The quantitative estimate of drug-likeness (QED) is 0.441. The van der Waals surface area contributed by atoms with Gasteiger partial charge in [-0.1, -0.05) is 0 Å². The van der Waals surface area contributed by atoms with Gasteiger partial charge in [-0.05, 0) is 11.0 Å². The molecule has 0 aromatic rings. The van der Waals surface area contributed by atoms with Crippen LogP contribution in [0.4, 0.5) is 0 Å². The molecule has 1 radical (unpaired) electrons. The van der Waals surface area contributed by atoms with Gasteiger partial charge in [-0.15, -0.1) is 0 Å². The summed E-state index contributed by atoms with van der Waals surface area (Å²) in [7, 11) is 0. The van der Waals surface area contributed by atoms with Gasteiger partial charge in [0, 0.05) is 55.9 Å². The molecule has 0 spiro atoms. The van der Waals surface area contributed by atoms with Crippen LogP contribution in [0.15, 0.2) is 0 Å². The normalized spacial score (nSPS) is 0. The Morgan fingerprint density at radius 3 is 1.20 bits per heavy atom. The molecular weight excluding hydrogens is 227 g/mol. The van der Waals surface area contributed by atoms with E-state index in [2.05, 4.69) is 0 Å². The molecule has 0 atom stereocenters. The Hall–Kier alpha value is 3.23. The summed E-state index contributed by atoms with van der Waals surface area (Å²) in [6.07, 6.45) is 0. The van der Waals surface area contributed by atoms with Crippen LogP contribution >= 0.6 is 0 Å². The molecule has 0 aromatic heterocycles.